The summed E-state index contributed by atoms with van der Waals surface area (Å²) in [5.41, 5.74) is 2.14. The van der Waals surface area contributed by atoms with E-state index in [1.54, 1.807) is 25.1 Å². The number of hydrogen-bond donors (Lipinski definition) is 2. The molecule has 2 aromatic rings. The Kier molecular flexibility index (Phi) is 10.4. The maximum Gasteiger partial charge on any atom is 0.264 e. The predicted molar refractivity (Wildman–Crippen MR) is 204 cm³/mol. The highest BCUT2D eigenvalue weighted by Gasteiger charge is 2.50. The third-order valence-corrected chi connectivity index (χ3v) is 15.3. The molecule has 2 bridgehead atoms. The number of piperazine rings is 1. The molecule has 1 spiro atoms. The van der Waals surface area contributed by atoms with E-state index in [0.29, 0.717) is 64.3 Å². The molecule has 2 amide bonds. The van der Waals surface area contributed by atoms with Gasteiger partial charge < -0.3 is 19.6 Å². The van der Waals surface area contributed by atoms with Gasteiger partial charge in [-0.05, 0) is 125 Å². The van der Waals surface area contributed by atoms with Gasteiger partial charge >= 0.3 is 0 Å². The Morgan fingerprint density at radius 3 is 2.58 bits per heavy atom. The van der Waals surface area contributed by atoms with Crippen LogP contribution in [0.3, 0.4) is 0 Å². The monoisotopic (exact) mass is 754 g/mol. The van der Waals surface area contributed by atoms with Crippen LogP contribution >= 0.6 is 11.6 Å². The van der Waals surface area contributed by atoms with Gasteiger partial charge in [-0.15, -0.1) is 0 Å². The second kappa shape index (κ2) is 14.4. The molecule has 3 aliphatic heterocycles. The number of benzene rings is 2. The Labute approximate surface area is 314 Å². The molecule has 6 atom stereocenters. The van der Waals surface area contributed by atoms with Crippen molar-refractivity contribution >= 4 is 39.1 Å². The number of sulfonamides is 1. The molecule has 3 heterocycles. The Bertz CT molecular complexity index is 1810. The van der Waals surface area contributed by atoms with Gasteiger partial charge in [-0.2, -0.15) is 0 Å². The topological polar surface area (TPSA) is 119 Å². The van der Waals surface area contributed by atoms with Crippen molar-refractivity contribution in [3.8, 4) is 5.75 Å². The minimum absolute atomic E-state index is 0.00241. The van der Waals surface area contributed by atoms with Crippen LogP contribution in [0.15, 0.2) is 36.4 Å². The summed E-state index contributed by atoms with van der Waals surface area (Å²) in [6, 6.07) is 11.5. The van der Waals surface area contributed by atoms with Gasteiger partial charge in [0.15, 0.2) is 0 Å². The first kappa shape index (κ1) is 37.5. The first-order valence-electron chi connectivity index (χ1n) is 19.3. The van der Waals surface area contributed by atoms with Crippen LogP contribution in [-0.4, -0.2) is 97.9 Å². The summed E-state index contributed by atoms with van der Waals surface area (Å²) in [5.74, 6) is 0.0470. The fourth-order valence-electron chi connectivity index (χ4n) is 9.77. The van der Waals surface area contributed by atoms with Crippen molar-refractivity contribution in [3.63, 3.8) is 0 Å². The fraction of sp³-hybridized carbons (Fsp3) is 0.650. The van der Waals surface area contributed by atoms with Crippen molar-refractivity contribution in [2.75, 3.05) is 50.8 Å². The predicted octanol–water partition coefficient (Wildman–Crippen LogP) is 5.39. The van der Waals surface area contributed by atoms with Gasteiger partial charge in [-0.3, -0.25) is 14.5 Å². The molecule has 0 aromatic heterocycles. The second-order valence-corrected chi connectivity index (χ2v) is 19.3. The highest BCUT2D eigenvalue weighted by atomic mass is 35.5. The molecule has 1 saturated heterocycles. The largest absolute Gasteiger partial charge is 0.490 e. The quantitative estimate of drug-likeness (QED) is 0.429. The van der Waals surface area contributed by atoms with Gasteiger partial charge in [0.25, 0.3) is 5.91 Å². The summed E-state index contributed by atoms with van der Waals surface area (Å²) in [4.78, 5) is 33.1. The number of carbonyl (C=O) groups is 2. The van der Waals surface area contributed by atoms with Crippen LogP contribution in [-0.2, 0) is 26.7 Å². The highest BCUT2D eigenvalue weighted by molar-refractivity contribution is 7.90. The lowest BCUT2D eigenvalue weighted by atomic mass is 9.62. The van der Waals surface area contributed by atoms with Crippen LogP contribution < -0.4 is 14.4 Å². The van der Waals surface area contributed by atoms with Crippen molar-refractivity contribution in [2.24, 2.45) is 17.8 Å². The van der Waals surface area contributed by atoms with Gasteiger partial charge in [0.05, 0.1) is 29.7 Å². The summed E-state index contributed by atoms with van der Waals surface area (Å²) in [6.45, 7) is 11.4. The van der Waals surface area contributed by atoms with E-state index in [1.165, 1.54) is 11.1 Å². The SMILES string of the molecule is CC(C)N1CCN(C[C@@]2(O)CCC[C@H](C)[C@@H](C)S(=O)(=O)NC(=O)c3ccc4c(c3)N(C[C@@H]3CC[C@H]32)C[C@@]2(CCCc3cc(Cl)ccc32)CO4)CC1=O. The number of nitrogens with one attached hydrogen (secondary N) is 1. The Balaban J connectivity index is 1.26. The van der Waals surface area contributed by atoms with Crippen LogP contribution in [0.1, 0.15) is 94.1 Å². The first-order chi connectivity index (χ1) is 24.7. The zero-order chi connectivity index (χ0) is 37.0. The Morgan fingerprint density at radius 1 is 1.04 bits per heavy atom. The normalized spacial score (nSPS) is 32.7. The summed E-state index contributed by atoms with van der Waals surface area (Å²) in [6.07, 6.45) is 6.46. The minimum atomic E-state index is -3.98. The van der Waals surface area contributed by atoms with Crippen molar-refractivity contribution in [2.45, 2.75) is 101 Å². The number of rotatable bonds is 3. The average Bonchev–Trinajstić information content (AvgIpc) is 3.22. The summed E-state index contributed by atoms with van der Waals surface area (Å²) >= 11 is 6.47. The van der Waals surface area contributed by atoms with Gasteiger partial charge in [-0.25, -0.2) is 13.1 Å². The molecule has 12 heteroatoms. The van der Waals surface area contributed by atoms with Gasteiger partial charge in [-0.1, -0.05) is 31.0 Å². The third-order valence-electron chi connectivity index (χ3n) is 13.1. The van der Waals surface area contributed by atoms with Crippen LogP contribution in [0, 0.1) is 17.8 Å². The van der Waals surface area contributed by atoms with E-state index in [2.05, 4.69) is 26.7 Å². The van der Waals surface area contributed by atoms with Crippen LogP contribution in [0.25, 0.3) is 0 Å². The number of nitrogens with zero attached hydrogens (tertiary/aromatic N) is 3. The maximum absolute atomic E-state index is 13.6. The summed E-state index contributed by atoms with van der Waals surface area (Å²) < 4.78 is 36.1. The number of aryl methyl sites for hydroxylation is 1. The van der Waals surface area contributed by atoms with Crippen molar-refractivity contribution in [1.29, 1.82) is 0 Å². The number of halogens is 1. The first-order valence-corrected chi connectivity index (χ1v) is 21.2. The number of hydrogen-bond acceptors (Lipinski definition) is 8. The van der Waals surface area contributed by atoms with E-state index in [1.807, 2.05) is 31.7 Å². The lowest BCUT2D eigenvalue weighted by molar-refractivity contribution is -0.143. The Hall–Kier alpha value is -2.86. The molecular formula is C40H55ClN4O6S. The number of ether oxygens (including phenoxy) is 1. The lowest BCUT2D eigenvalue weighted by Gasteiger charge is -2.52. The molecule has 10 nitrogen and oxygen atoms in total. The molecule has 2 fully saturated rings. The molecular weight excluding hydrogens is 700 g/mol. The van der Waals surface area contributed by atoms with Crippen molar-refractivity contribution < 1.29 is 27.9 Å². The maximum atomic E-state index is 13.6. The zero-order valence-corrected chi connectivity index (χ0v) is 32.6. The van der Waals surface area contributed by atoms with Gasteiger partial charge in [0.2, 0.25) is 15.9 Å². The van der Waals surface area contributed by atoms with E-state index < -0.39 is 26.8 Å². The van der Waals surface area contributed by atoms with Crippen LogP contribution in [0.4, 0.5) is 5.69 Å². The molecule has 2 aliphatic carbocycles. The highest BCUT2D eigenvalue weighted by Crippen LogP contribution is 2.49. The van der Waals surface area contributed by atoms with Crippen LogP contribution in [0.5, 0.6) is 5.75 Å². The van der Waals surface area contributed by atoms with E-state index in [-0.39, 0.29) is 47.2 Å². The fourth-order valence-corrected chi connectivity index (χ4v) is 11.3. The molecule has 1 saturated carbocycles. The number of carbonyl (C=O) groups excluding carboxylic acids is 2. The van der Waals surface area contributed by atoms with E-state index in [0.717, 1.165) is 42.8 Å². The number of amides is 2. The molecule has 5 aliphatic rings. The van der Waals surface area contributed by atoms with Gasteiger partial charge in [0.1, 0.15) is 5.75 Å². The van der Waals surface area contributed by atoms with Crippen molar-refractivity contribution in [1.82, 2.24) is 14.5 Å². The molecule has 7 rings (SSSR count). The zero-order valence-electron chi connectivity index (χ0n) is 31.1. The smallest absolute Gasteiger partial charge is 0.264 e. The lowest BCUT2D eigenvalue weighted by Crippen LogP contribution is -2.60. The molecule has 0 unspecified atom stereocenters. The Morgan fingerprint density at radius 2 is 1.85 bits per heavy atom. The summed E-state index contributed by atoms with van der Waals surface area (Å²) in [7, 11) is -3.98. The van der Waals surface area contributed by atoms with Crippen LogP contribution in [0.2, 0.25) is 5.02 Å². The number of aliphatic hydroxyl groups is 1. The number of anilines is 1. The average molecular weight is 755 g/mol. The summed E-state index contributed by atoms with van der Waals surface area (Å²) in [5, 5.41) is 12.7. The molecule has 284 valence electrons. The molecule has 2 N–H and O–H groups in total. The van der Waals surface area contributed by atoms with E-state index in [9.17, 15) is 23.1 Å². The molecule has 52 heavy (non-hydrogen) atoms. The van der Waals surface area contributed by atoms with E-state index >= 15 is 0 Å². The number of fused-ring (bicyclic) bond motifs is 4. The standard InChI is InChI=1S/C40H55ClN4O6S/c1-26(2)45-18-17-43(22-37(45)46)24-40(48)16-5-7-27(3)28(4)52(49,50)42-38(47)30-10-14-36-35(20-30)44(21-31-9-12-34(31)40)23-39(25-51-36)15-6-8-29-19-32(41)11-13-33(29)39/h10-11,13-14,19-20,26-28,31,34,48H,5-9,12,15-18,21-25H2,1-4H3,(H,42,47)/t27-,28+,31-,34+,39-,40-/m0/s1. The van der Waals surface area contributed by atoms with Crippen molar-refractivity contribution in [3.05, 3.63) is 58.1 Å². The van der Waals surface area contributed by atoms with Gasteiger partial charge in [0, 0.05) is 54.8 Å². The second-order valence-electron chi connectivity index (χ2n) is 16.8. The molecule has 2 aromatic carbocycles. The van der Waals surface area contributed by atoms with E-state index in [4.69, 9.17) is 16.3 Å². The minimum Gasteiger partial charge on any atom is -0.490 e. The number of β-amino-alcohol motifs (C(OH)–C–C–N with tert-alkyl or cyclic N) is 1. The third kappa shape index (κ3) is 7.19. The molecule has 0 radical (unpaired) electrons.